The van der Waals surface area contributed by atoms with Crippen LogP contribution in [-0.2, 0) is 0 Å². The second kappa shape index (κ2) is 17.0. The maximum absolute atomic E-state index is 5.40. The second-order valence-electron chi connectivity index (χ2n) is 17.5. The van der Waals surface area contributed by atoms with Gasteiger partial charge in [0, 0.05) is 47.6 Å². The fourth-order valence-electron chi connectivity index (χ4n) is 10.5. The van der Waals surface area contributed by atoms with Crippen molar-refractivity contribution in [3.63, 3.8) is 0 Å². The van der Waals surface area contributed by atoms with Gasteiger partial charge >= 0.3 is 0 Å². The predicted octanol–water partition coefficient (Wildman–Crippen LogP) is 13.4. The number of hydrogen-bond donors (Lipinski definition) is 0. The minimum absolute atomic E-state index is 0.608. The van der Waals surface area contributed by atoms with Gasteiger partial charge in [-0.1, -0.05) is 218 Å². The maximum atomic E-state index is 5.40. The highest BCUT2D eigenvalue weighted by atomic mass is 32.1. The summed E-state index contributed by atoms with van der Waals surface area (Å²) in [6.07, 6.45) is 0. The van der Waals surface area contributed by atoms with Crippen molar-refractivity contribution in [2.24, 2.45) is 0 Å². The lowest BCUT2D eigenvalue weighted by Crippen LogP contribution is -2.74. The summed E-state index contributed by atoms with van der Waals surface area (Å²) in [7, 11) is -2.75. The van der Waals surface area contributed by atoms with Crippen molar-refractivity contribution in [2.45, 2.75) is 0 Å². The number of hydrogen-bond acceptors (Lipinski definition) is 4. The number of benzene rings is 10. The van der Waals surface area contributed by atoms with Crippen LogP contribution in [0.25, 0.3) is 93.0 Å². The van der Waals surface area contributed by atoms with E-state index in [1.54, 1.807) is 0 Å². The summed E-state index contributed by atoms with van der Waals surface area (Å²) in [4.78, 5) is 16.1. The molecule has 10 aromatic carbocycles. The van der Waals surface area contributed by atoms with Gasteiger partial charge in [-0.3, -0.25) is 0 Å². The Bertz CT molecular complexity index is 3850. The second-order valence-corrected chi connectivity index (χ2v) is 22.4. The maximum Gasteiger partial charge on any atom is 0.179 e. The van der Waals surface area contributed by atoms with Gasteiger partial charge in [0.25, 0.3) is 0 Å². The zero-order valence-corrected chi connectivity index (χ0v) is 39.3. The fourth-order valence-corrected chi connectivity index (χ4v) is 16.4. The number of rotatable bonds is 9. The lowest BCUT2D eigenvalue weighted by molar-refractivity contribution is 1.06. The Kier molecular flexibility index (Phi) is 10.00. The normalized spacial score (nSPS) is 11.8. The quantitative estimate of drug-likeness (QED) is 0.107. The Morgan fingerprint density at radius 3 is 1.32 bits per heavy atom. The van der Waals surface area contributed by atoms with Gasteiger partial charge in [-0.25, -0.2) is 15.0 Å². The van der Waals surface area contributed by atoms with Gasteiger partial charge in [0.05, 0.1) is 16.7 Å². The van der Waals surface area contributed by atoms with Crippen LogP contribution in [0.15, 0.2) is 255 Å². The molecule has 324 valence electrons. The van der Waals surface area contributed by atoms with Crippen molar-refractivity contribution in [2.75, 3.05) is 0 Å². The van der Waals surface area contributed by atoms with Gasteiger partial charge < -0.3 is 4.57 Å². The molecule has 13 aromatic rings. The molecule has 3 aromatic heterocycles. The van der Waals surface area contributed by atoms with Crippen LogP contribution < -0.4 is 20.7 Å². The molecule has 0 bridgehead atoms. The smallest absolute Gasteiger partial charge is 0.179 e. The Morgan fingerprint density at radius 2 is 0.725 bits per heavy atom. The minimum Gasteiger partial charge on any atom is -0.309 e. The highest BCUT2D eigenvalue weighted by molar-refractivity contribution is 7.26. The molecule has 0 aliphatic rings. The van der Waals surface area contributed by atoms with Gasteiger partial charge in [-0.2, -0.15) is 0 Å². The Labute approximate surface area is 405 Å². The number of aromatic nitrogens is 4. The topological polar surface area (TPSA) is 43.6 Å². The monoisotopic (exact) mass is 914 g/mol. The summed E-state index contributed by atoms with van der Waals surface area (Å²) in [6, 6.07) is 92.0. The third-order valence-corrected chi connectivity index (χ3v) is 19.6. The van der Waals surface area contributed by atoms with Crippen molar-refractivity contribution in [1.82, 2.24) is 19.5 Å². The zero-order valence-electron chi connectivity index (χ0n) is 37.4. The summed E-state index contributed by atoms with van der Waals surface area (Å²) in [5.41, 5.74) is 8.38. The van der Waals surface area contributed by atoms with Crippen molar-refractivity contribution < 1.29 is 0 Å². The standard InChI is InChI=1S/C63H42N4SSi/c1-4-19-46(20-5-1)69(47-21-6-2-7-22-47,48-23-8-3-9-24-48)49-41-39-45(40-42-49)62-64-61(44-37-35-43(36-38-44)50-29-18-34-59-60(50)54-28-13-17-33-58(54)68-59)65-63(66-62)53-27-12-16-32-57(53)67-55-30-14-10-25-51(55)52-26-11-15-31-56(52)67/h1-42H. The predicted molar refractivity (Wildman–Crippen MR) is 292 cm³/mol. The zero-order chi connectivity index (χ0) is 45.7. The van der Waals surface area contributed by atoms with Crippen LogP contribution in [0.3, 0.4) is 0 Å². The molecule has 0 unspecified atom stereocenters. The van der Waals surface area contributed by atoms with E-state index >= 15 is 0 Å². The molecular formula is C63H42N4SSi. The Hall–Kier alpha value is -8.55. The third kappa shape index (κ3) is 6.83. The number of fused-ring (bicyclic) bond motifs is 6. The van der Waals surface area contributed by atoms with E-state index in [4.69, 9.17) is 15.0 Å². The first-order valence-electron chi connectivity index (χ1n) is 23.3. The lowest BCUT2D eigenvalue weighted by atomic mass is 9.98. The fraction of sp³-hybridized carbons (Fsp3) is 0. The number of thiophene rings is 1. The molecule has 0 fully saturated rings. The molecule has 0 radical (unpaired) electrons. The highest BCUT2D eigenvalue weighted by Gasteiger charge is 2.41. The number of para-hydroxylation sites is 3. The van der Waals surface area contributed by atoms with E-state index < -0.39 is 8.07 Å². The first-order valence-corrected chi connectivity index (χ1v) is 26.2. The number of nitrogens with zero attached hydrogens (tertiary/aromatic N) is 4. The van der Waals surface area contributed by atoms with Crippen molar-refractivity contribution in [3.05, 3.63) is 255 Å². The summed E-state index contributed by atoms with van der Waals surface area (Å²) in [5, 5.41) is 10.2. The van der Waals surface area contributed by atoms with Crippen LogP contribution in [0, 0.1) is 0 Å². The van der Waals surface area contributed by atoms with Crippen LogP contribution in [0.1, 0.15) is 0 Å². The van der Waals surface area contributed by atoms with Crippen LogP contribution in [0.2, 0.25) is 0 Å². The third-order valence-electron chi connectivity index (χ3n) is 13.7. The molecule has 0 spiro atoms. The molecule has 0 saturated carbocycles. The van der Waals surface area contributed by atoms with Gasteiger partial charge in [0.2, 0.25) is 0 Å². The van der Waals surface area contributed by atoms with Crippen molar-refractivity contribution >= 4 is 82.1 Å². The molecule has 0 aliphatic carbocycles. The van der Waals surface area contributed by atoms with Crippen LogP contribution in [0.5, 0.6) is 0 Å². The molecule has 0 amide bonds. The molecule has 6 heteroatoms. The van der Waals surface area contributed by atoms with Gasteiger partial charge in [0.15, 0.2) is 25.5 Å². The van der Waals surface area contributed by atoms with Crippen LogP contribution in [0.4, 0.5) is 0 Å². The molecule has 69 heavy (non-hydrogen) atoms. The van der Waals surface area contributed by atoms with Crippen molar-refractivity contribution in [3.8, 4) is 51.0 Å². The van der Waals surface area contributed by atoms with Gasteiger partial charge in [0.1, 0.15) is 0 Å². The van der Waals surface area contributed by atoms with Crippen molar-refractivity contribution in [1.29, 1.82) is 0 Å². The average Bonchev–Trinajstić information content (AvgIpc) is 3.98. The van der Waals surface area contributed by atoms with E-state index in [0.717, 1.165) is 39.0 Å². The minimum atomic E-state index is -2.75. The molecular weight excluding hydrogens is 873 g/mol. The summed E-state index contributed by atoms with van der Waals surface area (Å²) >= 11 is 1.84. The van der Waals surface area contributed by atoms with Crippen LogP contribution >= 0.6 is 11.3 Å². The first kappa shape index (κ1) is 40.7. The molecule has 4 nitrogen and oxygen atoms in total. The molecule has 0 atom stereocenters. The molecule has 0 N–H and O–H groups in total. The van der Waals surface area contributed by atoms with E-state index in [-0.39, 0.29) is 0 Å². The Balaban J connectivity index is 0.993. The molecule has 0 aliphatic heterocycles. The van der Waals surface area contributed by atoms with Gasteiger partial charge in [-0.05, 0) is 68.3 Å². The van der Waals surface area contributed by atoms with Crippen LogP contribution in [-0.4, -0.2) is 27.6 Å². The van der Waals surface area contributed by atoms with Gasteiger partial charge in [-0.15, -0.1) is 11.3 Å². The van der Waals surface area contributed by atoms with E-state index in [0.29, 0.717) is 17.5 Å². The summed E-state index contributed by atoms with van der Waals surface area (Å²) in [6.45, 7) is 0. The van der Waals surface area contributed by atoms with E-state index in [1.165, 1.54) is 57.3 Å². The lowest BCUT2D eigenvalue weighted by Gasteiger charge is -2.34. The molecule has 0 saturated heterocycles. The highest BCUT2D eigenvalue weighted by Crippen LogP contribution is 2.41. The first-order chi connectivity index (χ1) is 34.2. The SMILES string of the molecule is c1ccc([Si](c2ccccc2)(c2ccccc2)c2ccc(-c3nc(-c4ccc(-c5cccc6sc7ccccc7c56)cc4)nc(-c4ccccc4-n4c5ccccc5c5ccccc54)n3)cc2)cc1. The van der Waals surface area contributed by atoms with E-state index in [9.17, 15) is 0 Å². The summed E-state index contributed by atoms with van der Waals surface area (Å²) < 4.78 is 4.93. The molecule has 3 heterocycles. The molecule has 13 rings (SSSR count). The largest absolute Gasteiger partial charge is 0.309 e. The van der Waals surface area contributed by atoms with E-state index in [2.05, 4.69) is 259 Å². The average molecular weight is 915 g/mol. The van der Waals surface area contributed by atoms with E-state index in [1.807, 2.05) is 11.3 Å². The summed E-state index contributed by atoms with van der Waals surface area (Å²) in [5.74, 6) is 1.84. The Morgan fingerprint density at radius 1 is 0.304 bits per heavy atom.